The fourth-order valence-electron chi connectivity index (χ4n) is 5.58. The van der Waals surface area contributed by atoms with E-state index in [-0.39, 0.29) is 11.6 Å². The van der Waals surface area contributed by atoms with E-state index in [1.54, 1.807) is 24.4 Å². The van der Waals surface area contributed by atoms with Crippen molar-refractivity contribution in [1.82, 2.24) is 9.55 Å². The third-order valence-electron chi connectivity index (χ3n) is 7.62. The molecule has 1 N–H and O–H groups in total. The number of halogens is 2. The number of ether oxygens (including phenoxy) is 1. The number of aromatic carboxylic acids is 1. The highest BCUT2D eigenvalue weighted by Crippen LogP contribution is 2.51. The lowest BCUT2D eigenvalue weighted by Gasteiger charge is -2.29. The predicted molar refractivity (Wildman–Crippen MR) is 148 cm³/mol. The standard InChI is InChI=1S/C29H25Cl2N3O4/c30-22-9-4-12-32-27(22)38-17-19-8-5-13-33(19)25-15-24-20(14-23(25)31)26(35)21(28(36)37)16-34(24)29(10-11-29)18-6-2-1-3-7-18/h1-4,6-7,9,12,14-16,19H,5,8,10-11,13,17H2,(H,36,37)/t19-/m1/s1. The topological polar surface area (TPSA) is 84.7 Å². The second-order valence-electron chi connectivity index (χ2n) is 9.86. The molecule has 4 aromatic rings. The SMILES string of the molecule is O=C(O)c1cn(C2(c3ccccc3)CC2)c2cc(N3CCC[C@@H]3COc3ncccc3Cl)c(Cl)cc2c1=O. The van der Waals surface area contributed by atoms with Crippen molar-refractivity contribution in [2.45, 2.75) is 37.3 Å². The lowest BCUT2D eigenvalue weighted by atomic mass is 10.0. The molecule has 3 heterocycles. The minimum atomic E-state index is -1.25. The number of carbonyl (C=O) groups is 1. The Labute approximate surface area is 229 Å². The first-order valence-electron chi connectivity index (χ1n) is 12.6. The molecule has 2 aromatic heterocycles. The van der Waals surface area contributed by atoms with Gasteiger partial charge in [-0.25, -0.2) is 9.78 Å². The van der Waals surface area contributed by atoms with Gasteiger partial charge in [-0.3, -0.25) is 4.79 Å². The fraction of sp³-hybridized carbons (Fsp3) is 0.276. The lowest BCUT2D eigenvalue weighted by molar-refractivity contribution is 0.0694. The molecule has 6 rings (SSSR count). The molecule has 0 amide bonds. The Morgan fingerprint density at radius 1 is 1.11 bits per heavy atom. The average molecular weight is 550 g/mol. The number of carboxylic acids is 1. The Morgan fingerprint density at radius 3 is 2.61 bits per heavy atom. The molecule has 1 aliphatic heterocycles. The molecule has 1 atom stereocenters. The summed E-state index contributed by atoms with van der Waals surface area (Å²) in [7, 11) is 0. The van der Waals surface area contributed by atoms with Gasteiger partial charge in [-0.2, -0.15) is 0 Å². The number of carboxylic acid groups (broad SMARTS) is 1. The summed E-state index contributed by atoms with van der Waals surface area (Å²) in [5, 5.41) is 11.0. The lowest BCUT2D eigenvalue weighted by Crippen LogP contribution is -2.34. The number of benzene rings is 2. The van der Waals surface area contributed by atoms with E-state index in [9.17, 15) is 14.7 Å². The van der Waals surface area contributed by atoms with Crippen molar-refractivity contribution in [3.63, 3.8) is 0 Å². The van der Waals surface area contributed by atoms with E-state index in [4.69, 9.17) is 27.9 Å². The average Bonchev–Trinajstić information content (AvgIpc) is 3.59. The van der Waals surface area contributed by atoms with Crippen molar-refractivity contribution in [3.8, 4) is 5.88 Å². The maximum Gasteiger partial charge on any atom is 0.341 e. The van der Waals surface area contributed by atoms with Crippen LogP contribution in [0.1, 0.15) is 41.6 Å². The number of aromatic nitrogens is 2. The highest BCUT2D eigenvalue weighted by atomic mass is 35.5. The van der Waals surface area contributed by atoms with Crippen LogP contribution in [-0.2, 0) is 5.54 Å². The van der Waals surface area contributed by atoms with Crippen LogP contribution < -0.4 is 15.1 Å². The molecule has 1 aliphatic carbocycles. The minimum absolute atomic E-state index is 0.0329. The summed E-state index contributed by atoms with van der Waals surface area (Å²) in [4.78, 5) is 31.7. The Bertz CT molecular complexity index is 1600. The zero-order chi connectivity index (χ0) is 26.4. The summed E-state index contributed by atoms with van der Waals surface area (Å²) in [6, 6.07) is 17.1. The molecule has 2 aliphatic rings. The van der Waals surface area contributed by atoms with Gasteiger partial charge >= 0.3 is 5.97 Å². The van der Waals surface area contributed by atoms with E-state index in [0.29, 0.717) is 33.4 Å². The molecule has 7 nitrogen and oxygen atoms in total. The first kappa shape index (κ1) is 24.8. The summed E-state index contributed by atoms with van der Waals surface area (Å²) < 4.78 is 7.93. The summed E-state index contributed by atoms with van der Waals surface area (Å²) >= 11 is 13.0. The van der Waals surface area contributed by atoms with Crippen molar-refractivity contribution >= 4 is 45.8 Å². The number of pyridine rings is 2. The van der Waals surface area contributed by atoms with Crippen LogP contribution in [0.4, 0.5) is 5.69 Å². The molecule has 2 fully saturated rings. The number of anilines is 1. The van der Waals surface area contributed by atoms with Gasteiger partial charge in [-0.15, -0.1) is 0 Å². The molecule has 9 heteroatoms. The normalized spacial score (nSPS) is 18.1. The summed E-state index contributed by atoms with van der Waals surface area (Å²) in [6.07, 6.45) is 6.68. The highest BCUT2D eigenvalue weighted by Gasteiger charge is 2.47. The van der Waals surface area contributed by atoms with Crippen molar-refractivity contribution in [2.24, 2.45) is 0 Å². The summed E-state index contributed by atoms with van der Waals surface area (Å²) in [5.41, 5.74) is 1.33. The van der Waals surface area contributed by atoms with Gasteiger partial charge in [0.2, 0.25) is 11.3 Å². The van der Waals surface area contributed by atoms with Crippen LogP contribution in [0, 0.1) is 0 Å². The van der Waals surface area contributed by atoms with Gasteiger partial charge in [0.05, 0.1) is 27.8 Å². The molecule has 194 valence electrons. The van der Waals surface area contributed by atoms with Crippen LogP contribution >= 0.6 is 23.2 Å². The molecular formula is C29H25Cl2N3O4. The van der Waals surface area contributed by atoms with Crippen molar-refractivity contribution in [3.05, 3.63) is 98.4 Å². The molecule has 1 saturated heterocycles. The first-order chi connectivity index (χ1) is 18.4. The quantitative estimate of drug-likeness (QED) is 0.305. The van der Waals surface area contributed by atoms with Crippen molar-refractivity contribution in [2.75, 3.05) is 18.1 Å². The van der Waals surface area contributed by atoms with Crippen molar-refractivity contribution < 1.29 is 14.6 Å². The maximum atomic E-state index is 13.2. The van der Waals surface area contributed by atoms with Crippen LogP contribution in [0.25, 0.3) is 10.9 Å². The molecule has 1 saturated carbocycles. The fourth-order valence-corrected chi connectivity index (χ4v) is 6.02. The number of fused-ring (bicyclic) bond motifs is 1. The Kier molecular flexibility index (Phi) is 6.28. The number of rotatable bonds is 7. The molecule has 0 spiro atoms. The predicted octanol–water partition coefficient (Wildman–Crippen LogP) is 5.99. The number of hydrogen-bond donors (Lipinski definition) is 1. The number of nitrogens with zero attached hydrogens (tertiary/aromatic N) is 3. The minimum Gasteiger partial charge on any atom is -0.477 e. The van der Waals surface area contributed by atoms with Gasteiger partial charge in [-0.05, 0) is 55.5 Å². The largest absolute Gasteiger partial charge is 0.477 e. The van der Waals surface area contributed by atoms with Gasteiger partial charge in [-0.1, -0.05) is 53.5 Å². The van der Waals surface area contributed by atoms with Crippen LogP contribution in [0.2, 0.25) is 10.0 Å². The van der Waals surface area contributed by atoms with Gasteiger partial charge in [0.1, 0.15) is 17.2 Å². The molecule has 0 radical (unpaired) electrons. The first-order valence-corrected chi connectivity index (χ1v) is 13.3. The number of hydrogen-bond acceptors (Lipinski definition) is 5. The van der Waals surface area contributed by atoms with E-state index in [2.05, 4.69) is 9.88 Å². The molecular weight excluding hydrogens is 525 g/mol. The van der Waals surface area contributed by atoms with E-state index in [1.807, 2.05) is 41.0 Å². The smallest absolute Gasteiger partial charge is 0.341 e. The van der Waals surface area contributed by atoms with Gasteiger partial charge in [0.25, 0.3) is 0 Å². The van der Waals surface area contributed by atoms with E-state index in [1.165, 1.54) is 6.20 Å². The molecule has 0 unspecified atom stereocenters. The maximum absolute atomic E-state index is 13.2. The molecule has 38 heavy (non-hydrogen) atoms. The third kappa shape index (κ3) is 4.20. The van der Waals surface area contributed by atoms with Gasteiger partial charge in [0.15, 0.2) is 0 Å². The monoisotopic (exact) mass is 549 g/mol. The van der Waals surface area contributed by atoms with Crippen LogP contribution in [0.15, 0.2) is 71.8 Å². The van der Waals surface area contributed by atoms with E-state index >= 15 is 0 Å². The van der Waals surface area contributed by atoms with Crippen LogP contribution in [-0.4, -0.2) is 39.8 Å². The second-order valence-corrected chi connectivity index (χ2v) is 10.7. The van der Waals surface area contributed by atoms with E-state index in [0.717, 1.165) is 43.5 Å². The highest BCUT2D eigenvalue weighted by molar-refractivity contribution is 6.34. The zero-order valence-electron chi connectivity index (χ0n) is 20.4. The van der Waals surface area contributed by atoms with Crippen LogP contribution in [0.5, 0.6) is 5.88 Å². The van der Waals surface area contributed by atoms with Gasteiger partial charge in [0, 0.05) is 24.3 Å². The Hall–Kier alpha value is -3.55. The second kappa shape index (κ2) is 9.64. The molecule has 0 bridgehead atoms. The van der Waals surface area contributed by atoms with E-state index < -0.39 is 16.9 Å². The Balaban J connectivity index is 1.45. The van der Waals surface area contributed by atoms with Crippen LogP contribution in [0.3, 0.4) is 0 Å². The summed E-state index contributed by atoms with van der Waals surface area (Å²) in [5.74, 6) is -0.862. The summed E-state index contributed by atoms with van der Waals surface area (Å²) in [6.45, 7) is 1.15. The van der Waals surface area contributed by atoms with Gasteiger partial charge < -0.3 is 19.3 Å². The zero-order valence-corrected chi connectivity index (χ0v) is 22.0. The molecule has 2 aromatic carbocycles. The third-order valence-corrected chi connectivity index (χ3v) is 8.21. The van der Waals surface area contributed by atoms with Crippen molar-refractivity contribution in [1.29, 1.82) is 0 Å². The Morgan fingerprint density at radius 2 is 1.89 bits per heavy atom.